The van der Waals surface area contributed by atoms with E-state index in [4.69, 9.17) is 0 Å². The van der Waals surface area contributed by atoms with Crippen molar-refractivity contribution in [1.82, 2.24) is 14.7 Å². The predicted octanol–water partition coefficient (Wildman–Crippen LogP) is 1.68. The molecule has 1 aromatic rings. The van der Waals surface area contributed by atoms with Crippen molar-refractivity contribution in [3.8, 4) is 0 Å². The van der Waals surface area contributed by atoms with E-state index in [1.54, 1.807) is 6.20 Å². The van der Waals surface area contributed by atoms with E-state index in [0.717, 1.165) is 50.9 Å². The molecule has 19 heavy (non-hydrogen) atoms. The van der Waals surface area contributed by atoms with Crippen molar-refractivity contribution in [1.29, 1.82) is 0 Å². The van der Waals surface area contributed by atoms with Gasteiger partial charge in [0, 0.05) is 31.9 Å². The summed E-state index contributed by atoms with van der Waals surface area (Å²) in [6.45, 7) is 3.75. The van der Waals surface area contributed by atoms with Crippen LogP contribution >= 0.6 is 0 Å². The molecule has 0 amide bonds. The van der Waals surface area contributed by atoms with Crippen LogP contribution in [0, 0.1) is 0 Å². The van der Waals surface area contributed by atoms with E-state index in [2.05, 4.69) is 16.9 Å². The van der Waals surface area contributed by atoms with Crippen LogP contribution in [0.4, 0.5) is 0 Å². The molecule has 0 radical (unpaired) electrons. The van der Waals surface area contributed by atoms with E-state index in [0.29, 0.717) is 0 Å². The molecule has 0 aromatic carbocycles. The minimum absolute atomic E-state index is 0.632. The van der Waals surface area contributed by atoms with Crippen LogP contribution in [0.2, 0.25) is 0 Å². The molecule has 1 unspecified atom stereocenters. The number of carbonyl (C=O) groups is 1. The quantitative estimate of drug-likeness (QED) is 0.850. The maximum Gasteiger partial charge on any atom is 0.324 e. The number of aliphatic carboxylic acids is 1. The highest BCUT2D eigenvalue weighted by atomic mass is 16.4. The minimum Gasteiger partial charge on any atom is -0.480 e. The zero-order chi connectivity index (χ0) is 13.9. The molecule has 2 rings (SSSR count). The molecule has 1 aliphatic heterocycles. The molecule has 0 spiro atoms. The van der Waals surface area contributed by atoms with E-state index >= 15 is 0 Å². The SMILES string of the molecule is CCCC1(C(=O)O)CCCN1CCc1ccnn1C. The summed E-state index contributed by atoms with van der Waals surface area (Å²) in [7, 11) is 1.93. The van der Waals surface area contributed by atoms with Gasteiger partial charge in [0.15, 0.2) is 0 Å². The zero-order valence-electron chi connectivity index (χ0n) is 11.8. The van der Waals surface area contributed by atoms with Gasteiger partial charge in [-0.2, -0.15) is 5.10 Å². The largest absolute Gasteiger partial charge is 0.480 e. The van der Waals surface area contributed by atoms with Crippen LogP contribution in [0.15, 0.2) is 12.3 Å². The number of aryl methyl sites for hydroxylation is 1. The smallest absolute Gasteiger partial charge is 0.324 e. The second-order valence-electron chi connectivity index (χ2n) is 5.37. The molecule has 2 heterocycles. The van der Waals surface area contributed by atoms with Crippen LogP contribution in [-0.4, -0.2) is 44.4 Å². The standard InChI is InChI=1S/C14H23N3O2/c1-3-7-14(13(18)19)8-4-10-17(14)11-6-12-5-9-15-16(12)2/h5,9H,3-4,6-8,10-11H2,1-2H3,(H,18,19). The van der Waals surface area contributed by atoms with Crippen molar-refractivity contribution >= 4 is 5.97 Å². The number of rotatable bonds is 6. The zero-order valence-corrected chi connectivity index (χ0v) is 11.8. The maximum absolute atomic E-state index is 11.7. The lowest BCUT2D eigenvalue weighted by atomic mass is 9.90. The van der Waals surface area contributed by atoms with Crippen molar-refractivity contribution in [3.63, 3.8) is 0 Å². The van der Waals surface area contributed by atoms with Gasteiger partial charge in [-0.25, -0.2) is 0 Å². The van der Waals surface area contributed by atoms with E-state index in [1.165, 1.54) is 0 Å². The molecular formula is C14H23N3O2. The lowest BCUT2D eigenvalue weighted by molar-refractivity contribution is -0.150. The summed E-state index contributed by atoms with van der Waals surface area (Å²) in [5.74, 6) is -0.656. The number of carboxylic acids is 1. The number of hydrogen-bond donors (Lipinski definition) is 1. The maximum atomic E-state index is 11.7. The van der Waals surface area contributed by atoms with Crippen molar-refractivity contribution in [2.24, 2.45) is 7.05 Å². The minimum atomic E-state index is -0.656. The van der Waals surface area contributed by atoms with Gasteiger partial charge in [-0.3, -0.25) is 14.4 Å². The first kappa shape index (κ1) is 14.1. The molecule has 0 aliphatic carbocycles. The molecule has 0 bridgehead atoms. The Morgan fingerprint density at radius 2 is 2.37 bits per heavy atom. The highest BCUT2D eigenvalue weighted by Crippen LogP contribution is 2.34. The second-order valence-corrected chi connectivity index (χ2v) is 5.37. The summed E-state index contributed by atoms with van der Waals surface area (Å²) < 4.78 is 1.86. The van der Waals surface area contributed by atoms with Crippen molar-refractivity contribution in [2.75, 3.05) is 13.1 Å². The Labute approximate surface area is 114 Å². The summed E-state index contributed by atoms with van der Waals surface area (Å²) in [5, 5.41) is 13.8. The molecular weight excluding hydrogens is 242 g/mol. The summed E-state index contributed by atoms with van der Waals surface area (Å²) in [5.41, 5.74) is 0.524. The fraction of sp³-hybridized carbons (Fsp3) is 0.714. The first-order chi connectivity index (χ1) is 9.10. The monoisotopic (exact) mass is 265 g/mol. The predicted molar refractivity (Wildman–Crippen MR) is 73.0 cm³/mol. The van der Waals surface area contributed by atoms with Crippen LogP contribution in [0.25, 0.3) is 0 Å². The number of hydrogen-bond acceptors (Lipinski definition) is 3. The first-order valence-corrected chi connectivity index (χ1v) is 7.05. The van der Waals surface area contributed by atoms with Gasteiger partial charge in [0.05, 0.1) is 0 Å². The fourth-order valence-electron chi connectivity index (χ4n) is 3.20. The molecule has 0 saturated carbocycles. The van der Waals surface area contributed by atoms with Crippen LogP contribution in [0.5, 0.6) is 0 Å². The highest BCUT2D eigenvalue weighted by molar-refractivity contribution is 5.79. The third kappa shape index (κ3) is 2.66. The summed E-state index contributed by atoms with van der Waals surface area (Å²) in [4.78, 5) is 13.9. The topological polar surface area (TPSA) is 58.4 Å². The number of aromatic nitrogens is 2. The average molecular weight is 265 g/mol. The van der Waals surface area contributed by atoms with Crippen LogP contribution < -0.4 is 0 Å². The van der Waals surface area contributed by atoms with Gasteiger partial charge < -0.3 is 5.11 Å². The molecule has 106 valence electrons. The Hall–Kier alpha value is -1.36. The number of carboxylic acid groups (broad SMARTS) is 1. The lowest BCUT2D eigenvalue weighted by Gasteiger charge is -2.34. The molecule has 1 saturated heterocycles. The third-order valence-corrected chi connectivity index (χ3v) is 4.25. The van der Waals surface area contributed by atoms with Crippen LogP contribution in [0.1, 0.15) is 38.3 Å². The Bertz CT molecular complexity index is 444. The number of nitrogens with zero attached hydrogens (tertiary/aromatic N) is 3. The van der Waals surface area contributed by atoms with E-state index in [1.807, 2.05) is 17.8 Å². The van der Waals surface area contributed by atoms with Crippen molar-refractivity contribution < 1.29 is 9.90 Å². The summed E-state index contributed by atoms with van der Waals surface area (Å²) in [6, 6.07) is 2.00. The van der Waals surface area contributed by atoms with E-state index in [-0.39, 0.29) is 0 Å². The molecule has 1 fully saturated rings. The van der Waals surface area contributed by atoms with Crippen LogP contribution in [0.3, 0.4) is 0 Å². The normalized spacial score (nSPS) is 23.9. The summed E-state index contributed by atoms with van der Waals surface area (Å²) >= 11 is 0. The van der Waals surface area contributed by atoms with E-state index in [9.17, 15) is 9.90 Å². The van der Waals surface area contributed by atoms with Gasteiger partial charge in [-0.1, -0.05) is 13.3 Å². The van der Waals surface area contributed by atoms with Crippen LogP contribution in [-0.2, 0) is 18.3 Å². The molecule has 5 nitrogen and oxygen atoms in total. The lowest BCUT2D eigenvalue weighted by Crippen LogP contribution is -2.51. The fourth-order valence-corrected chi connectivity index (χ4v) is 3.20. The van der Waals surface area contributed by atoms with Gasteiger partial charge in [0.1, 0.15) is 5.54 Å². The Kier molecular flexibility index (Phi) is 4.24. The average Bonchev–Trinajstić information content (AvgIpc) is 2.95. The Balaban J connectivity index is 2.05. The molecule has 1 aromatic heterocycles. The molecule has 1 aliphatic rings. The molecule has 1 N–H and O–H groups in total. The summed E-state index contributed by atoms with van der Waals surface area (Å²) in [6.07, 6.45) is 6.06. The van der Waals surface area contributed by atoms with E-state index < -0.39 is 11.5 Å². The molecule has 1 atom stereocenters. The van der Waals surface area contributed by atoms with Gasteiger partial charge in [0.2, 0.25) is 0 Å². The van der Waals surface area contributed by atoms with Gasteiger partial charge in [0.25, 0.3) is 0 Å². The first-order valence-electron chi connectivity index (χ1n) is 7.05. The van der Waals surface area contributed by atoms with Gasteiger partial charge >= 0.3 is 5.97 Å². The van der Waals surface area contributed by atoms with Crippen molar-refractivity contribution in [2.45, 2.75) is 44.6 Å². The Morgan fingerprint density at radius 3 is 2.95 bits per heavy atom. The van der Waals surface area contributed by atoms with Gasteiger partial charge in [-0.15, -0.1) is 0 Å². The van der Waals surface area contributed by atoms with Crippen molar-refractivity contribution in [3.05, 3.63) is 18.0 Å². The number of likely N-dealkylation sites (tertiary alicyclic amines) is 1. The Morgan fingerprint density at radius 1 is 1.58 bits per heavy atom. The molecule has 5 heteroatoms. The highest BCUT2D eigenvalue weighted by Gasteiger charge is 2.46. The second kappa shape index (κ2) is 5.74. The third-order valence-electron chi connectivity index (χ3n) is 4.25. The van der Waals surface area contributed by atoms with Gasteiger partial charge in [-0.05, 0) is 31.9 Å².